The van der Waals surface area contributed by atoms with Crippen LogP contribution in [0.5, 0.6) is 5.75 Å². The van der Waals surface area contributed by atoms with Crippen LogP contribution in [-0.4, -0.2) is 39.4 Å². The number of amides is 1. The van der Waals surface area contributed by atoms with Crippen LogP contribution in [0.1, 0.15) is 23.6 Å². The van der Waals surface area contributed by atoms with Crippen molar-refractivity contribution in [2.24, 2.45) is 0 Å². The topological polar surface area (TPSA) is 55.8 Å². The van der Waals surface area contributed by atoms with E-state index in [-0.39, 0.29) is 11.7 Å². The summed E-state index contributed by atoms with van der Waals surface area (Å²) in [7, 11) is 0. The zero-order valence-electron chi connectivity index (χ0n) is 18.6. The molecular formula is C26H27FN2O3S. The molecule has 0 spiro atoms. The second-order valence-electron chi connectivity index (χ2n) is 8.03. The standard InChI is InChI=1S/C26H27FN2O3S/c1-20(30)28(14-13-21-5-3-2-4-6-21)18-22-7-12-26-23(17-22)19-29(15-16-32-26)33(31)25-10-8-24(27)9-11-25/h2-12,17H,13-16,18-19H2,1H3. The molecule has 3 aromatic rings. The summed E-state index contributed by atoms with van der Waals surface area (Å²) in [6, 6.07) is 21.8. The van der Waals surface area contributed by atoms with E-state index >= 15 is 0 Å². The van der Waals surface area contributed by atoms with Crippen LogP contribution in [0.25, 0.3) is 0 Å². The third-order valence-electron chi connectivity index (χ3n) is 5.65. The number of nitrogens with zero attached hydrogens (tertiary/aromatic N) is 2. The van der Waals surface area contributed by atoms with Crippen LogP contribution in [0.2, 0.25) is 0 Å². The predicted octanol–water partition coefficient (Wildman–Crippen LogP) is 4.33. The quantitative estimate of drug-likeness (QED) is 0.487. The Morgan fingerprint density at radius 2 is 1.85 bits per heavy atom. The number of hydrogen-bond acceptors (Lipinski definition) is 4. The summed E-state index contributed by atoms with van der Waals surface area (Å²) in [5.41, 5.74) is 3.11. The Labute approximate surface area is 197 Å². The van der Waals surface area contributed by atoms with Crippen LogP contribution >= 0.6 is 0 Å². The van der Waals surface area contributed by atoms with Crippen molar-refractivity contribution in [1.82, 2.24) is 9.21 Å². The Morgan fingerprint density at radius 3 is 2.58 bits per heavy atom. The van der Waals surface area contributed by atoms with Gasteiger partial charge in [-0.15, -0.1) is 4.31 Å². The van der Waals surface area contributed by atoms with E-state index in [4.69, 9.17) is 4.74 Å². The van der Waals surface area contributed by atoms with Gasteiger partial charge in [-0.3, -0.25) is 4.79 Å². The average Bonchev–Trinajstić information content (AvgIpc) is 3.04. The molecule has 0 fully saturated rings. The van der Waals surface area contributed by atoms with Crippen molar-refractivity contribution >= 4 is 17.3 Å². The molecule has 4 rings (SSSR count). The summed E-state index contributed by atoms with van der Waals surface area (Å²) in [5, 5.41) is 0. The van der Waals surface area contributed by atoms with Gasteiger partial charge in [0.15, 0.2) is 4.90 Å². The molecule has 1 unspecified atom stereocenters. The molecular weight excluding hydrogens is 439 g/mol. The maximum absolute atomic E-state index is 13.3. The van der Waals surface area contributed by atoms with E-state index in [1.165, 1.54) is 17.7 Å². The summed E-state index contributed by atoms with van der Waals surface area (Å²) in [6.45, 7) is 4.06. The number of hydrogen-bond donors (Lipinski definition) is 0. The number of rotatable bonds is 7. The van der Waals surface area contributed by atoms with E-state index in [1.807, 2.05) is 45.6 Å². The Morgan fingerprint density at radius 1 is 1.09 bits per heavy atom. The molecule has 0 N–H and O–H groups in total. The molecule has 0 saturated carbocycles. The second kappa shape index (κ2) is 10.8. The SMILES string of the molecule is CC(=O)N(CCc1ccccc1)Cc1ccc2c(c1)CN([S+]([O-])c1ccc(F)cc1)CCO2. The molecule has 1 heterocycles. The van der Waals surface area contributed by atoms with Gasteiger partial charge in [0.1, 0.15) is 18.2 Å². The first-order chi connectivity index (χ1) is 16.0. The van der Waals surface area contributed by atoms with Gasteiger partial charge in [0.25, 0.3) is 0 Å². The van der Waals surface area contributed by atoms with Crippen LogP contribution in [0.15, 0.2) is 77.7 Å². The van der Waals surface area contributed by atoms with Crippen molar-refractivity contribution in [1.29, 1.82) is 0 Å². The fraction of sp³-hybridized carbons (Fsp3) is 0.269. The van der Waals surface area contributed by atoms with Crippen molar-refractivity contribution in [2.45, 2.75) is 31.3 Å². The van der Waals surface area contributed by atoms with Crippen LogP contribution < -0.4 is 4.74 Å². The van der Waals surface area contributed by atoms with Crippen LogP contribution in [-0.2, 0) is 35.7 Å². The number of fused-ring (bicyclic) bond motifs is 1. The van der Waals surface area contributed by atoms with E-state index < -0.39 is 11.4 Å². The van der Waals surface area contributed by atoms with E-state index in [0.717, 1.165) is 23.3 Å². The maximum Gasteiger partial charge on any atom is 0.219 e. The van der Waals surface area contributed by atoms with Gasteiger partial charge < -0.3 is 14.2 Å². The van der Waals surface area contributed by atoms with Crippen LogP contribution in [0, 0.1) is 5.82 Å². The molecule has 1 atom stereocenters. The molecule has 7 heteroatoms. The highest BCUT2D eigenvalue weighted by molar-refractivity contribution is 7.89. The van der Waals surface area contributed by atoms with Crippen molar-refractivity contribution in [3.63, 3.8) is 0 Å². The van der Waals surface area contributed by atoms with Gasteiger partial charge in [0.05, 0.1) is 24.5 Å². The lowest BCUT2D eigenvalue weighted by Gasteiger charge is -2.23. The van der Waals surface area contributed by atoms with Gasteiger partial charge in [0.2, 0.25) is 5.91 Å². The fourth-order valence-corrected chi connectivity index (χ4v) is 5.00. The van der Waals surface area contributed by atoms with E-state index in [0.29, 0.717) is 37.7 Å². The molecule has 0 saturated heterocycles. The van der Waals surface area contributed by atoms with Gasteiger partial charge in [-0.05, 0) is 53.9 Å². The highest BCUT2D eigenvalue weighted by Crippen LogP contribution is 2.28. The normalized spacial score (nSPS) is 14.6. The summed E-state index contributed by atoms with van der Waals surface area (Å²) >= 11 is -1.42. The minimum atomic E-state index is -1.42. The summed E-state index contributed by atoms with van der Waals surface area (Å²) in [4.78, 5) is 14.7. The van der Waals surface area contributed by atoms with Crippen LogP contribution in [0.4, 0.5) is 4.39 Å². The molecule has 1 aliphatic rings. The zero-order valence-corrected chi connectivity index (χ0v) is 19.4. The minimum absolute atomic E-state index is 0.0242. The Bertz CT molecular complexity index is 1080. The molecule has 172 valence electrons. The summed E-state index contributed by atoms with van der Waals surface area (Å²) < 4.78 is 34.0. The smallest absolute Gasteiger partial charge is 0.219 e. The van der Waals surface area contributed by atoms with Gasteiger partial charge in [-0.25, -0.2) is 4.39 Å². The summed E-state index contributed by atoms with van der Waals surface area (Å²) in [5.74, 6) is 0.430. The Balaban J connectivity index is 1.47. The Kier molecular flexibility index (Phi) is 7.65. The third kappa shape index (κ3) is 6.13. The van der Waals surface area contributed by atoms with Crippen LogP contribution in [0.3, 0.4) is 0 Å². The van der Waals surface area contributed by atoms with E-state index in [9.17, 15) is 13.7 Å². The number of halogens is 1. The molecule has 5 nitrogen and oxygen atoms in total. The van der Waals surface area contributed by atoms with E-state index in [1.54, 1.807) is 19.1 Å². The van der Waals surface area contributed by atoms with Crippen molar-refractivity contribution in [3.8, 4) is 5.75 Å². The average molecular weight is 467 g/mol. The molecule has 3 aromatic carbocycles. The highest BCUT2D eigenvalue weighted by atomic mass is 32.2. The largest absolute Gasteiger partial charge is 0.593 e. The second-order valence-corrected chi connectivity index (χ2v) is 9.52. The molecule has 0 bridgehead atoms. The lowest BCUT2D eigenvalue weighted by atomic mass is 10.1. The van der Waals surface area contributed by atoms with Gasteiger partial charge in [-0.1, -0.05) is 36.4 Å². The first-order valence-corrected chi connectivity index (χ1v) is 12.1. The van der Waals surface area contributed by atoms with Gasteiger partial charge in [-0.2, -0.15) is 0 Å². The molecule has 0 aromatic heterocycles. The number of benzene rings is 3. The van der Waals surface area contributed by atoms with Crippen molar-refractivity contribution < 1.29 is 18.5 Å². The lowest BCUT2D eigenvalue weighted by Crippen LogP contribution is -2.32. The lowest BCUT2D eigenvalue weighted by molar-refractivity contribution is -0.129. The van der Waals surface area contributed by atoms with Gasteiger partial charge in [0, 0.05) is 25.6 Å². The number of carbonyl (C=O) groups excluding carboxylic acids is 1. The minimum Gasteiger partial charge on any atom is -0.593 e. The third-order valence-corrected chi connectivity index (χ3v) is 7.11. The molecule has 0 radical (unpaired) electrons. The molecule has 0 aliphatic carbocycles. The first-order valence-electron chi connectivity index (χ1n) is 11.0. The maximum atomic E-state index is 13.3. The molecule has 33 heavy (non-hydrogen) atoms. The zero-order chi connectivity index (χ0) is 23.2. The predicted molar refractivity (Wildman–Crippen MR) is 126 cm³/mol. The highest BCUT2D eigenvalue weighted by Gasteiger charge is 2.27. The summed E-state index contributed by atoms with van der Waals surface area (Å²) in [6.07, 6.45) is 0.791. The van der Waals surface area contributed by atoms with Crippen molar-refractivity contribution in [3.05, 3.63) is 95.3 Å². The van der Waals surface area contributed by atoms with E-state index in [2.05, 4.69) is 12.1 Å². The van der Waals surface area contributed by atoms with Crippen molar-refractivity contribution in [2.75, 3.05) is 19.7 Å². The Hall–Kier alpha value is -2.87. The first kappa shape index (κ1) is 23.3. The molecule has 1 amide bonds. The number of ether oxygens (including phenoxy) is 1. The molecule has 1 aliphatic heterocycles. The van der Waals surface area contributed by atoms with Gasteiger partial charge >= 0.3 is 0 Å². The fourth-order valence-electron chi connectivity index (χ4n) is 3.84. The number of carbonyl (C=O) groups is 1. The monoisotopic (exact) mass is 466 g/mol.